The molecule has 3 rings (SSSR count). The summed E-state index contributed by atoms with van der Waals surface area (Å²) in [6.45, 7) is 2.16. The van der Waals surface area contributed by atoms with Gasteiger partial charge in [0, 0.05) is 17.7 Å². The second kappa shape index (κ2) is 4.79. The van der Waals surface area contributed by atoms with Crippen LogP contribution >= 0.6 is 22.0 Å². The lowest BCUT2D eigenvalue weighted by atomic mass is 10.2. The predicted molar refractivity (Wildman–Crippen MR) is 79.5 cm³/mol. The smallest absolute Gasteiger partial charge is 0.261 e. The number of nitrogens with zero attached hydrogens (tertiary/aromatic N) is 4. The van der Waals surface area contributed by atoms with Crippen LogP contribution < -0.4 is 9.80 Å². The molecule has 1 aliphatic heterocycles. The number of hydrogen-bond donors (Lipinski definition) is 0. The molecule has 0 radical (unpaired) electrons. The van der Waals surface area contributed by atoms with Gasteiger partial charge in [0.05, 0.1) is 22.9 Å². The van der Waals surface area contributed by atoms with E-state index in [9.17, 15) is 12.8 Å². The molecule has 2 heterocycles. The quantitative estimate of drug-likeness (QED) is 0.777. The zero-order valence-electron chi connectivity index (χ0n) is 11.0. The Bertz CT molecular complexity index is 824. The number of aryl methyl sites for hydroxylation is 1. The van der Waals surface area contributed by atoms with Crippen LogP contribution in [0.2, 0.25) is 0 Å². The van der Waals surface area contributed by atoms with Gasteiger partial charge in [-0.05, 0) is 19.1 Å². The zero-order valence-corrected chi connectivity index (χ0v) is 13.4. The van der Waals surface area contributed by atoms with Crippen molar-refractivity contribution in [1.29, 1.82) is 0 Å². The van der Waals surface area contributed by atoms with Gasteiger partial charge in [0.25, 0.3) is 9.05 Å². The van der Waals surface area contributed by atoms with Crippen molar-refractivity contribution < 1.29 is 12.8 Å². The molecule has 0 aliphatic carbocycles. The topological polar surface area (TPSA) is 66.4 Å². The summed E-state index contributed by atoms with van der Waals surface area (Å²) >= 11 is 1.34. The van der Waals surface area contributed by atoms with E-state index in [1.165, 1.54) is 17.4 Å². The molecule has 1 aliphatic rings. The van der Waals surface area contributed by atoms with Gasteiger partial charge in [-0.25, -0.2) is 12.8 Å². The molecule has 6 nitrogen and oxygen atoms in total. The summed E-state index contributed by atoms with van der Waals surface area (Å²) < 4.78 is 37.1. The van der Waals surface area contributed by atoms with E-state index in [-0.39, 0.29) is 4.90 Å². The van der Waals surface area contributed by atoms with E-state index >= 15 is 0 Å². The summed E-state index contributed by atoms with van der Waals surface area (Å²) in [5.41, 5.74) is 0.722. The first-order valence-electron chi connectivity index (χ1n) is 5.84. The monoisotopic (exact) mass is 348 g/mol. The molecule has 0 unspecified atom stereocenters. The lowest BCUT2D eigenvalue weighted by molar-refractivity contribution is 0.602. The van der Waals surface area contributed by atoms with Gasteiger partial charge in [-0.1, -0.05) is 11.3 Å². The molecular formula is C11H10ClFN4O2S2. The molecule has 21 heavy (non-hydrogen) atoms. The van der Waals surface area contributed by atoms with Crippen LogP contribution in [0.1, 0.15) is 5.01 Å². The van der Waals surface area contributed by atoms with Crippen molar-refractivity contribution in [3.63, 3.8) is 0 Å². The normalized spacial score (nSPS) is 14.7. The SMILES string of the molecule is Cc1nnc(N2CN(C)c3c(F)cc(S(=O)(=O)Cl)cc32)s1. The van der Waals surface area contributed by atoms with E-state index in [2.05, 4.69) is 10.2 Å². The summed E-state index contributed by atoms with van der Waals surface area (Å²) in [7, 11) is 3.02. The van der Waals surface area contributed by atoms with Crippen molar-refractivity contribution in [1.82, 2.24) is 10.2 Å². The van der Waals surface area contributed by atoms with E-state index in [0.717, 1.165) is 11.1 Å². The van der Waals surface area contributed by atoms with Crippen LogP contribution in [0, 0.1) is 12.7 Å². The van der Waals surface area contributed by atoms with Crippen LogP contribution in [0.3, 0.4) is 0 Å². The highest BCUT2D eigenvalue weighted by atomic mass is 35.7. The van der Waals surface area contributed by atoms with Gasteiger partial charge in [0.2, 0.25) is 5.13 Å². The van der Waals surface area contributed by atoms with Crippen LogP contribution in [-0.4, -0.2) is 32.3 Å². The number of rotatable bonds is 2. The van der Waals surface area contributed by atoms with E-state index in [1.807, 2.05) is 6.92 Å². The van der Waals surface area contributed by atoms with Crippen molar-refractivity contribution in [2.24, 2.45) is 0 Å². The molecule has 1 aromatic heterocycles. The van der Waals surface area contributed by atoms with Gasteiger partial charge >= 0.3 is 0 Å². The maximum atomic E-state index is 14.2. The van der Waals surface area contributed by atoms with Crippen LogP contribution in [0.4, 0.5) is 20.9 Å². The maximum absolute atomic E-state index is 14.2. The van der Waals surface area contributed by atoms with Gasteiger partial charge in [-0.2, -0.15) is 0 Å². The number of fused-ring (bicyclic) bond motifs is 1. The summed E-state index contributed by atoms with van der Waals surface area (Å²) in [4.78, 5) is 3.10. The second-order valence-electron chi connectivity index (χ2n) is 4.58. The van der Waals surface area contributed by atoms with Gasteiger partial charge in [0.1, 0.15) is 10.8 Å². The fourth-order valence-electron chi connectivity index (χ4n) is 2.20. The van der Waals surface area contributed by atoms with Crippen molar-refractivity contribution in [2.75, 3.05) is 23.5 Å². The summed E-state index contributed by atoms with van der Waals surface area (Å²) in [5.74, 6) is -0.641. The minimum Gasteiger partial charge on any atom is -0.352 e. The number of halogens is 2. The fraction of sp³-hybridized carbons (Fsp3) is 0.273. The zero-order chi connectivity index (χ0) is 15.4. The molecule has 2 aromatic rings. The van der Waals surface area contributed by atoms with E-state index in [0.29, 0.717) is 23.2 Å². The van der Waals surface area contributed by atoms with Crippen LogP contribution in [0.25, 0.3) is 0 Å². The van der Waals surface area contributed by atoms with E-state index in [1.54, 1.807) is 16.8 Å². The highest BCUT2D eigenvalue weighted by Crippen LogP contribution is 2.43. The number of anilines is 3. The molecule has 0 amide bonds. The molecule has 0 saturated carbocycles. The molecule has 112 valence electrons. The van der Waals surface area contributed by atoms with Gasteiger partial charge in [-0.15, -0.1) is 10.2 Å². The van der Waals surface area contributed by atoms with E-state index < -0.39 is 14.9 Å². The average molecular weight is 349 g/mol. The Morgan fingerprint density at radius 2 is 2.10 bits per heavy atom. The molecule has 0 N–H and O–H groups in total. The Morgan fingerprint density at radius 3 is 2.67 bits per heavy atom. The maximum Gasteiger partial charge on any atom is 0.261 e. The number of benzene rings is 1. The van der Waals surface area contributed by atoms with E-state index in [4.69, 9.17) is 10.7 Å². The minimum absolute atomic E-state index is 0.276. The van der Waals surface area contributed by atoms with Crippen molar-refractivity contribution in [3.8, 4) is 0 Å². The van der Waals surface area contributed by atoms with Crippen LogP contribution in [0.5, 0.6) is 0 Å². The molecule has 0 bridgehead atoms. The Labute approximate surface area is 129 Å². The summed E-state index contributed by atoms with van der Waals surface area (Å²) in [5, 5.41) is 9.28. The largest absolute Gasteiger partial charge is 0.352 e. The average Bonchev–Trinajstić information content (AvgIpc) is 2.92. The fourth-order valence-corrected chi connectivity index (χ4v) is 3.66. The third-order valence-electron chi connectivity index (χ3n) is 3.07. The highest BCUT2D eigenvalue weighted by molar-refractivity contribution is 8.13. The highest BCUT2D eigenvalue weighted by Gasteiger charge is 2.31. The lowest BCUT2D eigenvalue weighted by Gasteiger charge is -2.14. The summed E-state index contributed by atoms with van der Waals surface area (Å²) in [6.07, 6.45) is 0. The Hall–Kier alpha value is -1.45. The Morgan fingerprint density at radius 1 is 1.38 bits per heavy atom. The molecule has 0 atom stereocenters. The number of hydrogen-bond acceptors (Lipinski definition) is 7. The molecule has 0 spiro atoms. The first-order valence-corrected chi connectivity index (χ1v) is 8.97. The second-order valence-corrected chi connectivity index (χ2v) is 8.31. The predicted octanol–water partition coefficient (Wildman–Crippen LogP) is 2.46. The van der Waals surface area contributed by atoms with Crippen LogP contribution in [-0.2, 0) is 9.05 Å². The molecule has 0 saturated heterocycles. The molecular weight excluding hydrogens is 339 g/mol. The molecule has 10 heteroatoms. The minimum atomic E-state index is -4.01. The third kappa shape index (κ3) is 2.45. The van der Waals surface area contributed by atoms with Crippen molar-refractivity contribution in [3.05, 3.63) is 23.0 Å². The van der Waals surface area contributed by atoms with Crippen molar-refractivity contribution >= 4 is 47.6 Å². The summed E-state index contributed by atoms with van der Waals surface area (Å²) in [6, 6.07) is 2.27. The van der Waals surface area contributed by atoms with Gasteiger partial charge in [-0.3, -0.25) is 4.90 Å². The van der Waals surface area contributed by atoms with Crippen molar-refractivity contribution in [2.45, 2.75) is 11.8 Å². The number of aromatic nitrogens is 2. The van der Waals surface area contributed by atoms with Crippen LogP contribution in [0.15, 0.2) is 17.0 Å². The lowest BCUT2D eigenvalue weighted by Crippen LogP contribution is -2.24. The van der Waals surface area contributed by atoms with Gasteiger partial charge < -0.3 is 4.90 Å². The first-order chi connectivity index (χ1) is 9.77. The third-order valence-corrected chi connectivity index (χ3v) is 5.27. The molecule has 1 aromatic carbocycles. The standard InChI is InChI=1S/C11H10ClFN4O2S2/c1-6-14-15-11(20-6)17-5-16(2)10-8(13)3-7(4-9(10)17)21(12,18)19/h3-4H,5H2,1-2H3. The molecule has 0 fully saturated rings. The Kier molecular flexibility index (Phi) is 3.30. The van der Waals surface area contributed by atoms with Gasteiger partial charge in [0.15, 0.2) is 0 Å². The Balaban J connectivity index is 2.19. The first kappa shape index (κ1) is 14.5.